The zero-order valence-electron chi connectivity index (χ0n) is 14.0. The summed E-state index contributed by atoms with van der Waals surface area (Å²) in [6.07, 6.45) is 1.43. The lowest BCUT2D eigenvalue weighted by Gasteiger charge is -2.32. The molecule has 1 N–H and O–H groups in total. The topological polar surface area (TPSA) is 85.2 Å². The molecule has 1 heterocycles. The van der Waals surface area contributed by atoms with E-state index in [9.17, 15) is 9.00 Å². The minimum Gasteiger partial charge on any atom is -0.480 e. The van der Waals surface area contributed by atoms with E-state index in [1.807, 2.05) is 27.7 Å². The van der Waals surface area contributed by atoms with Crippen molar-refractivity contribution < 1.29 is 23.4 Å². The Labute approximate surface area is 137 Å². The van der Waals surface area contributed by atoms with Crippen LogP contribution >= 0.6 is 0 Å². The van der Waals surface area contributed by atoms with Crippen LogP contribution in [0.4, 0.5) is 0 Å². The number of hydrogen-bond acceptors (Lipinski definition) is 5. The minimum absolute atomic E-state index is 0.425. The molecule has 1 aliphatic rings. The van der Waals surface area contributed by atoms with Crippen LogP contribution in [0.15, 0.2) is 33.5 Å². The zero-order valence-corrected chi connectivity index (χ0v) is 14.8. The van der Waals surface area contributed by atoms with Gasteiger partial charge in [-0.1, -0.05) is 12.1 Å². The van der Waals surface area contributed by atoms with E-state index in [1.54, 1.807) is 24.3 Å². The average Bonchev–Trinajstić information content (AvgIpc) is 2.66. The Morgan fingerprint density at radius 2 is 1.65 bits per heavy atom. The highest BCUT2D eigenvalue weighted by Gasteiger charge is 2.51. The maximum absolute atomic E-state index is 12.4. The van der Waals surface area contributed by atoms with E-state index in [-0.39, 0.29) is 0 Å². The fourth-order valence-corrected chi connectivity index (χ4v) is 3.26. The van der Waals surface area contributed by atoms with Gasteiger partial charge in [-0.15, -0.1) is 0 Å². The molecule has 1 aromatic carbocycles. The van der Waals surface area contributed by atoms with Crippen LogP contribution < -0.4 is 5.46 Å². The van der Waals surface area contributed by atoms with Gasteiger partial charge in [0.05, 0.1) is 20.9 Å². The summed E-state index contributed by atoms with van der Waals surface area (Å²) in [5.41, 5.74) is -0.0301. The molecule has 126 valence electrons. The fraction of sp³-hybridized carbons (Fsp3) is 0.533. The first kappa shape index (κ1) is 18.0. The summed E-state index contributed by atoms with van der Waals surface area (Å²) in [6, 6.07) is 6.90. The SMILES string of the molecule is CC1(C)OB(c2ccc(S(C)(=O)=NCC(=O)O)cc2)OC1(C)C. The summed E-state index contributed by atoms with van der Waals surface area (Å²) < 4.78 is 28.1. The van der Waals surface area contributed by atoms with Gasteiger partial charge in [-0.25, -0.2) is 8.57 Å². The Balaban J connectivity index is 2.23. The average molecular weight is 339 g/mol. The third kappa shape index (κ3) is 3.76. The van der Waals surface area contributed by atoms with Crippen molar-refractivity contribution in [1.29, 1.82) is 0 Å². The van der Waals surface area contributed by atoms with Crippen LogP contribution in [-0.4, -0.2) is 46.4 Å². The number of rotatable bonds is 4. The number of carboxylic acids is 1. The third-order valence-electron chi connectivity index (χ3n) is 4.29. The Hall–Kier alpha value is -1.38. The van der Waals surface area contributed by atoms with Gasteiger partial charge in [0.15, 0.2) is 0 Å². The number of carboxylic acid groups (broad SMARTS) is 1. The maximum atomic E-state index is 12.4. The van der Waals surface area contributed by atoms with E-state index < -0.39 is 40.6 Å². The van der Waals surface area contributed by atoms with Gasteiger partial charge < -0.3 is 14.4 Å². The molecule has 8 heteroatoms. The van der Waals surface area contributed by atoms with Gasteiger partial charge in [-0.2, -0.15) is 0 Å². The van der Waals surface area contributed by atoms with Gasteiger partial charge in [0.2, 0.25) is 0 Å². The zero-order chi connectivity index (χ0) is 17.5. The Bertz CT molecular complexity index is 704. The van der Waals surface area contributed by atoms with E-state index in [1.165, 1.54) is 6.26 Å². The highest BCUT2D eigenvalue weighted by molar-refractivity contribution is 7.93. The standard InChI is InChI=1S/C15H22BNO5S/c1-14(2)15(3,4)22-16(21-14)11-6-8-12(9-7-11)23(5,20)17-10-13(18)19/h6-9H,10H2,1-5H3,(H,18,19). The monoisotopic (exact) mass is 339 g/mol. The first-order valence-electron chi connectivity index (χ1n) is 7.30. The Kier molecular flexibility index (Phi) is 4.63. The number of carbonyl (C=O) groups is 1. The molecule has 0 aliphatic carbocycles. The minimum atomic E-state index is -2.73. The Morgan fingerprint density at radius 1 is 1.17 bits per heavy atom. The summed E-state index contributed by atoms with van der Waals surface area (Å²) in [5.74, 6) is -1.10. The quantitative estimate of drug-likeness (QED) is 0.841. The summed E-state index contributed by atoms with van der Waals surface area (Å²) in [5, 5.41) is 8.66. The van der Waals surface area contributed by atoms with Gasteiger partial charge in [-0.05, 0) is 45.3 Å². The molecule has 0 aromatic heterocycles. The molecule has 1 atom stereocenters. The van der Waals surface area contributed by atoms with Crippen LogP contribution in [0.3, 0.4) is 0 Å². The van der Waals surface area contributed by atoms with Crippen molar-refractivity contribution in [2.75, 3.05) is 12.8 Å². The maximum Gasteiger partial charge on any atom is 0.494 e. The molecule has 0 spiro atoms. The van der Waals surface area contributed by atoms with Crippen molar-refractivity contribution >= 4 is 28.3 Å². The van der Waals surface area contributed by atoms with Crippen LogP contribution in [0.2, 0.25) is 0 Å². The predicted octanol–water partition coefficient (Wildman–Crippen LogP) is 1.53. The molecule has 1 aliphatic heterocycles. The lowest BCUT2D eigenvalue weighted by molar-refractivity contribution is -0.135. The van der Waals surface area contributed by atoms with E-state index in [2.05, 4.69) is 4.36 Å². The van der Waals surface area contributed by atoms with E-state index in [0.717, 1.165) is 5.46 Å². The third-order valence-corrected chi connectivity index (χ3v) is 6.06. The number of hydrogen-bond donors (Lipinski definition) is 1. The summed E-state index contributed by atoms with van der Waals surface area (Å²) in [4.78, 5) is 11.1. The van der Waals surface area contributed by atoms with Crippen molar-refractivity contribution in [3.8, 4) is 0 Å². The van der Waals surface area contributed by atoms with E-state index in [0.29, 0.717) is 4.90 Å². The smallest absolute Gasteiger partial charge is 0.480 e. The Morgan fingerprint density at radius 3 is 2.09 bits per heavy atom. The molecule has 0 amide bonds. The molecule has 6 nitrogen and oxygen atoms in total. The van der Waals surface area contributed by atoms with Crippen LogP contribution in [-0.2, 0) is 23.8 Å². The molecule has 0 radical (unpaired) electrons. The van der Waals surface area contributed by atoms with E-state index >= 15 is 0 Å². The molecule has 1 saturated heterocycles. The number of aliphatic carboxylic acids is 1. The number of benzene rings is 1. The number of nitrogens with zero attached hydrogens (tertiary/aromatic N) is 1. The molecule has 0 saturated carbocycles. The summed E-state index contributed by atoms with van der Waals surface area (Å²) in [6.45, 7) is 7.43. The van der Waals surface area contributed by atoms with Crippen LogP contribution in [0.25, 0.3) is 0 Å². The van der Waals surface area contributed by atoms with Gasteiger partial charge in [0.25, 0.3) is 0 Å². The van der Waals surface area contributed by atoms with Crippen molar-refractivity contribution in [2.45, 2.75) is 43.8 Å². The molecule has 1 fully saturated rings. The van der Waals surface area contributed by atoms with Gasteiger partial charge >= 0.3 is 13.1 Å². The first-order chi connectivity index (χ1) is 10.4. The molecule has 23 heavy (non-hydrogen) atoms. The van der Waals surface area contributed by atoms with Crippen molar-refractivity contribution in [2.24, 2.45) is 4.36 Å². The largest absolute Gasteiger partial charge is 0.494 e. The van der Waals surface area contributed by atoms with Crippen LogP contribution in [0, 0.1) is 0 Å². The normalized spacial score (nSPS) is 21.7. The second-order valence-electron chi connectivity index (χ2n) is 6.64. The summed E-state index contributed by atoms with van der Waals surface area (Å²) in [7, 11) is -3.22. The van der Waals surface area contributed by atoms with Gasteiger partial charge in [0, 0.05) is 11.2 Å². The second-order valence-corrected chi connectivity index (χ2v) is 8.98. The van der Waals surface area contributed by atoms with Crippen LogP contribution in [0.5, 0.6) is 0 Å². The van der Waals surface area contributed by atoms with Gasteiger partial charge in [-0.3, -0.25) is 4.79 Å². The van der Waals surface area contributed by atoms with Crippen LogP contribution in [0.1, 0.15) is 27.7 Å². The fourth-order valence-electron chi connectivity index (χ4n) is 2.11. The lowest BCUT2D eigenvalue weighted by Crippen LogP contribution is -2.41. The molecule has 1 aromatic rings. The second kappa shape index (κ2) is 5.92. The molecular weight excluding hydrogens is 317 g/mol. The highest BCUT2D eigenvalue weighted by atomic mass is 32.2. The van der Waals surface area contributed by atoms with Crippen molar-refractivity contribution in [3.05, 3.63) is 24.3 Å². The van der Waals surface area contributed by atoms with Crippen molar-refractivity contribution in [1.82, 2.24) is 0 Å². The molecule has 0 bridgehead atoms. The summed E-state index contributed by atoms with van der Waals surface area (Å²) >= 11 is 0. The predicted molar refractivity (Wildman–Crippen MR) is 89.4 cm³/mol. The molecular formula is C15H22BNO5S. The highest BCUT2D eigenvalue weighted by Crippen LogP contribution is 2.36. The van der Waals surface area contributed by atoms with Gasteiger partial charge in [0.1, 0.15) is 6.54 Å². The lowest BCUT2D eigenvalue weighted by atomic mass is 9.79. The molecule has 1 unspecified atom stereocenters. The van der Waals surface area contributed by atoms with E-state index in [4.69, 9.17) is 14.4 Å². The van der Waals surface area contributed by atoms with Crippen molar-refractivity contribution in [3.63, 3.8) is 0 Å². The molecule has 2 rings (SSSR count). The first-order valence-corrected chi connectivity index (χ1v) is 9.22.